The van der Waals surface area contributed by atoms with Crippen molar-refractivity contribution in [2.24, 2.45) is 5.41 Å². The van der Waals surface area contributed by atoms with Crippen molar-refractivity contribution in [1.82, 2.24) is 0 Å². The molecule has 1 saturated heterocycles. The molecular weight excluding hydrogens is 532 g/mol. The summed E-state index contributed by atoms with van der Waals surface area (Å²) in [5.41, 5.74) is 1.27. The molecule has 0 amide bonds. The molecule has 8 nitrogen and oxygen atoms in total. The number of Topliss-reactive ketones (excluding diaryl/α,β-unsaturated/α-hetero) is 3. The van der Waals surface area contributed by atoms with Crippen molar-refractivity contribution in [1.29, 1.82) is 0 Å². The summed E-state index contributed by atoms with van der Waals surface area (Å²) in [7, 11) is 1.52. The fourth-order valence-corrected chi connectivity index (χ4v) is 7.04. The summed E-state index contributed by atoms with van der Waals surface area (Å²) in [5.74, 6) is -1.46. The van der Waals surface area contributed by atoms with Gasteiger partial charge in [0.05, 0.1) is 18.1 Å². The van der Waals surface area contributed by atoms with Gasteiger partial charge in [-0.05, 0) is 29.3 Å². The lowest BCUT2D eigenvalue weighted by atomic mass is 9.64. The van der Waals surface area contributed by atoms with Gasteiger partial charge in [0.2, 0.25) is 0 Å². The van der Waals surface area contributed by atoms with Gasteiger partial charge in [0, 0.05) is 40.4 Å². The van der Waals surface area contributed by atoms with E-state index in [0.717, 1.165) is 11.3 Å². The van der Waals surface area contributed by atoms with Gasteiger partial charge in [-0.2, -0.15) is 0 Å². The summed E-state index contributed by atoms with van der Waals surface area (Å²) in [6.07, 6.45) is 3.74. The number of rotatable bonds is 5. The number of methoxy groups -OCH3 is 1. The van der Waals surface area contributed by atoms with Gasteiger partial charge in [0.25, 0.3) is 5.69 Å². The van der Waals surface area contributed by atoms with Crippen molar-refractivity contribution in [2.45, 2.75) is 18.0 Å². The van der Waals surface area contributed by atoms with Crippen LogP contribution in [0.15, 0.2) is 103 Å². The molecule has 0 unspecified atom stereocenters. The monoisotopic (exact) mass is 556 g/mol. The van der Waals surface area contributed by atoms with E-state index < -0.39 is 28.3 Å². The van der Waals surface area contributed by atoms with Crippen LogP contribution in [0.4, 0.5) is 11.4 Å². The topological polar surface area (TPSA) is 107 Å². The number of anilines is 1. The molecule has 1 fully saturated rings. The lowest BCUT2D eigenvalue weighted by Gasteiger charge is -2.37. The van der Waals surface area contributed by atoms with E-state index in [2.05, 4.69) is 0 Å². The highest BCUT2D eigenvalue weighted by molar-refractivity contribution is 6.32. The van der Waals surface area contributed by atoms with E-state index in [4.69, 9.17) is 4.74 Å². The van der Waals surface area contributed by atoms with E-state index in [0.29, 0.717) is 28.0 Å². The van der Waals surface area contributed by atoms with Crippen molar-refractivity contribution >= 4 is 34.8 Å². The summed E-state index contributed by atoms with van der Waals surface area (Å²) in [5, 5.41) is 11.5. The third-order valence-electron chi connectivity index (χ3n) is 8.80. The second-order valence-electron chi connectivity index (χ2n) is 10.7. The van der Waals surface area contributed by atoms with Crippen molar-refractivity contribution < 1.29 is 24.0 Å². The molecule has 3 atom stereocenters. The first-order chi connectivity index (χ1) is 20.4. The number of ether oxygens (including phenoxy) is 1. The number of benzene rings is 4. The van der Waals surface area contributed by atoms with Crippen LogP contribution in [0.3, 0.4) is 0 Å². The lowest BCUT2D eigenvalue weighted by Crippen LogP contribution is -2.48. The van der Waals surface area contributed by atoms with E-state index >= 15 is 0 Å². The zero-order valence-electron chi connectivity index (χ0n) is 22.5. The van der Waals surface area contributed by atoms with Gasteiger partial charge in [0.15, 0.2) is 17.3 Å². The number of hydrogen-bond donors (Lipinski definition) is 0. The van der Waals surface area contributed by atoms with Crippen LogP contribution >= 0.6 is 0 Å². The molecule has 42 heavy (non-hydrogen) atoms. The Balaban J connectivity index is 1.53. The second kappa shape index (κ2) is 9.34. The highest BCUT2D eigenvalue weighted by Gasteiger charge is 2.71. The van der Waals surface area contributed by atoms with E-state index in [1.807, 2.05) is 41.3 Å². The first-order valence-corrected chi connectivity index (χ1v) is 13.5. The predicted octanol–water partition coefficient (Wildman–Crippen LogP) is 5.92. The van der Waals surface area contributed by atoms with Gasteiger partial charge < -0.3 is 9.64 Å². The Kier molecular flexibility index (Phi) is 5.69. The molecule has 1 spiro atoms. The van der Waals surface area contributed by atoms with Crippen molar-refractivity contribution in [3.05, 3.63) is 141 Å². The summed E-state index contributed by atoms with van der Waals surface area (Å²) >= 11 is 0. The summed E-state index contributed by atoms with van der Waals surface area (Å²) in [6.45, 7) is 0. The number of fused-ring (bicyclic) bond motifs is 5. The smallest absolute Gasteiger partial charge is 0.269 e. The van der Waals surface area contributed by atoms with Gasteiger partial charge in [0.1, 0.15) is 17.2 Å². The molecule has 0 N–H and O–H groups in total. The third kappa shape index (κ3) is 3.38. The first kappa shape index (κ1) is 25.6. The molecule has 2 heterocycles. The quantitative estimate of drug-likeness (QED) is 0.130. The zero-order valence-corrected chi connectivity index (χ0v) is 22.5. The number of hydrogen-bond acceptors (Lipinski definition) is 7. The van der Waals surface area contributed by atoms with Crippen LogP contribution in [0.5, 0.6) is 5.75 Å². The van der Waals surface area contributed by atoms with E-state index in [1.54, 1.807) is 60.7 Å². The molecule has 4 aromatic rings. The highest BCUT2D eigenvalue weighted by Crippen LogP contribution is 2.61. The first-order valence-electron chi connectivity index (χ1n) is 13.5. The maximum absolute atomic E-state index is 14.7. The van der Waals surface area contributed by atoms with E-state index in [1.165, 1.54) is 19.2 Å². The molecule has 206 valence electrons. The number of non-ortho nitro benzene ring substituents is 1. The number of carbonyl (C=O) groups excluding carboxylic acids is 3. The van der Waals surface area contributed by atoms with E-state index in [-0.39, 0.29) is 23.0 Å². The number of carbonyl (C=O) groups is 3. The third-order valence-corrected chi connectivity index (χ3v) is 8.80. The molecule has 0 aromatic heterocycles. The van der Waals surface area contributed by atoms with Crippen molar-refractivity contribution in [3.63, 3.8) is 0 Å². The molecular formula is C34H24N2O6. The summed E-state index contributed by atoms with van der Waals surface area (Å²) in [4.78, 5) is 56.9. The zero-order chi connectivity index (χ0) is 29.2. The van der Waals surface area contributed by atoms with Crippen LogP contribution in [0, 0.1) is 15.5 Å². The molecule has 7 rings (SSSR count). The van der Waals surface area contributed by atoms with Crippen LogP contribution in [0.25, 0.3) is 6.08 Å². The fraction of sp³-hybridized carbons (Fsp3) is 0.147. The summed E-state index contributed by atoms with van der Waals surface area (Å²) < 4.78 is 5.40. The predicted molar refractivity (Wildman–Crippen MR) is 156 cm³/mol. The SMILES string of the molecule is COc1cccc(C(=O)[C@@H]2[C@H](c3ccc([N+](=O)[O-])cc3)C3(C(=O)c4ccccc4C3=O)[C@@H]3C=Cc4ccccc4N23)c1. The lowest BCUT2D eigenvalue weighted by molar-refractivity contribution is -0.384. The molecule has 8 heteroatoms. The maximum Gasteiger partial charge on any atom is 0.269 e. The van der Waals surface area contributed by atoms with E-state index in [9.17, 15) is 24.5 Å². The number of para-hydroxylation sites is 1. The van der Waals surface area contributed by atoms with Gasteiger partial charge in [-0.3, -0.25) is 24.5 Å². The minimum atomic E-state index is -1.68. The largest absolute Gasteiger partial charge is 0.497 e. The minimum absolute atomic E-state index is 0.128. The average Bonchev–Trinajstić information content (AvgIpc) is 3.47. The maximum atomic E-state index is 14.7. The van der Waals surface area contributed by atoms with Crippen LogP contribution in [-0.4, -0.2) is 41.5 Å². The minimum Gasteiger partial charge on any atom is -0.497 e. The second-order valence-corrected chi connectivity index (χ2v) is 10.7. The van der Waals surface area contributed by atoms with Crippen molar-refractivity contribution in [2.75, 3.05) is 12.0 Å². The Morgan fingerprint density at radius 3 is 2.21 bits per heavy atom. The average molecular weight is 557 g/mol. The molecule has 3 aliphatic rings. The number of nitro groups is 1. The van der Waals surface area contributed by atoms with Gasteiger partial charge in [-0.25, -0.2) is 0 Å². The molecule has 4 aromatic carbocycles. The van der Waals surface area contributed by atoms with Crippen LogP contribution in [-0.2, 0) is 0 Å². The Hall–Kier alpha value is -5.37. The normalized spacial score (nSPS) is 21.2. The van der Waals surface area contributed by atoms with Gasteiger partial charge >= 0.3 is 0 Å². The Bertz CT molecular complexity index is 1810. The molecule has 2 aliphatic heterocycles. The molecule has 0 saturated carbocycles. The Labute approximate surface area is 241 Å². The number of nitrogens with zero attached hydrogens (tertiary/aromatic N) is 2. The molecule has 0 bridgehead atoms. The highest BCUT2D eigenvalue weighted by atomic mass is 16.6. The van der Waals surface area contributed by atoms with Gasteiger partial charge in [-0.1, -0.05) is 78.9 Å². The summed E-state index contributed by atoms with van der Waals surface area (Å²) in [6, 6.07) is 25.2. The number of nitro benzene ring substituents is 1. The van der Waals surface area contributed by atoms with Crippen molar-refractivity contribution in [3.8, 4) is 5.75 Å². The molecule has 0 radical (unpaired) electrons. The standard InChI is InChI=1S/C34H24N2O6/c1-42-24-9-6-8-22(19-24)31(37)30-29(21-13-16-23(17-14-21)36(40)41)34(32(38)25-10-3-4-11-26(25)33(34)39)28-18-15-20-7-2-5-12-27(20)35(28)30/h2-19,28-30H,1H3/t28-,29-,30-/m0/s1. The Morgan fingerprint density at radius 2 is 1.55 bits per heavy atom. The Morgan fingerprint density at radius 1 is 0.881 bits per heavy atom. The molecule has 1 aliphatic carbocycles. The van der Waals surface area contributed by atoms with Crippen LogP contribution in [0.2, 0.25) is 0 Å². The van der Waals surface area contributed by atoms with Crippen LogP contribution < -0.4 is 9.64 Å². The fourth-order valence-electron chi connectivity index (χ4n) is 7.04. The van der Waals surface area contributed by atoms with Crippen LogP contribution in [0.1, 0.15) is 48.1 Å². The number of ketones is 3. The van der Waals surface area contributed by atoms with Gasteiger partial charge in [-0.15, -0.1) is 0 Å².